The van der Waals surface area contributed by atoms with Crippen LogP contribution in [0.2, 0.25) is 0 Å². The van der Waals surface area contributed by atoms with Gasteiger partial charge in [-0.05, 0) is 131 Å². The quantitative estimate of drug-likeness (QED) is 0.148. The number of fused-ring (bicyclic) bond motifs is 9. The molecule has 0 amide bonds. The van der Waals surface area contributed by atoms with Gasteiger partial charge in [0, 0.05) is 49.4 Å². The summed E-state index contributed by atoms with van der Waals surface area (Å²) in [6, 6.07) is 86.5. The van der Waals surface area contributed by atoms with Gasteiger partial charge in [0.05, 0.1) is 33.1 Å². The molecular weight excluding hydrogens is 799 g/mol. The zero-order chi connectivity index (χ0) is 44.1. The van der Waals surface area contributed by atoms with E-state index in [0.29, 0.717) is 0 Å². The molecule has 3 nitrogen and oxygen atoms in total. The molecule has 0 fully saturated rings. The first-order chi connectivity index (χ1) is 32.7. The van der Waals surface area contributed by atoms with Crippen molar-refractivity contribution >= 4 is 65.4 Å². The standard InChI is InChI=1S/C60H39N3.C3H6/c1-7-19-55-49(13-1)50-14-2-8-20-56(50)61(55)46-31-25-40(26-32-46)43-37-44(41-27-33-47(34-28-41)62-57-21-9-3-15-51(57)52-16-4-10-22-58(52)62)39-45(38-43)42-29-35-48(36-30-42)63-59-23-11-5-17-53(59)54-18-6-12-24-60(54)63;1-3-2/h1-39H;3H,1H2,2H3. The summed E-state index contributed by atoms with van der Waals surface area (Å²) in [5, 5.41) is 7.60. The van der Waals surface area contributed by atoms with Crippen molar-refractivity contribution in [1.82, 2.24) is 13.7 Å². The summed E-state index contributed by atoms with van der Waals surface area (Å²) < 4.78 is 7.15. The number of hydrogen-bond donors (Lipinski definition) is 0. The molecule has 0 aliphatic heterocycles. The van der Waals surface area contributed by atoms with E-state index in [9.17, 15) is 0 Å². The predicted molar refractivity (Wildman–Crippen MR) is 282 cm³/mol. The molecule has 0 spiro atoms. The number of para-hydroxylation sites is 6. The van der Waals surface area contributed by atoms with Crippen molar-refractivity contribution < 1.29 is 0 Å². The van der Waals surface area contributed by atoms with Crippen molar-refractivity contribution in [2.24, 2.45) is 0 Å². The smallest absolute Gasteiger partial charge is 0.0541 e. The van der Waals surface area contributed by atoms with E-state index >= 15 is 0 Å². The van der Waals surface area contributed by atoms with Gasteiger partial charge in [-0.2, -0.15) is 0 Å². The summed E-state index contributed by atoms with van der Waals surface area (Å²) >= 11 is 0. The molecular formula is C63H45N3. The van der Waals surface area contributed by atoms with Crippen LogP contribution >= 0.6 is 0 Å². The van der Waals surface area contributed by atoms with Gasteiger partial charge < -0.3 is 13.7 Å². The first kappa shape index (κ1) is 39.0. The van der Waals surface area contributed by atoms with Gasteiger partial charge in [-0.3, -0.25) is 0 Å². The molecule has 312 valence electrons. The van der Waals surface area contributed by atoms with Crippen LogP contribution in [0.25, 0.3) is 116 Å². The van der Waals surface area contributed by atoms with Crippen molar-refractivity contribution in [1.29, 1.82) is 0 Å². The number of nitrogens with zero attached hydrogens (tertiary/aromatic N) is 3. The molecule has 0 N–H and O–H groups in total. The second-order valence-electron chi connectivity index (χ2n) is 17.0. The Bertz CT molecular complexity index is 3350. The lowest BCUT2D eigenvalue weighted by atomic mass is 9.93. The Morgan fingerprint density at radius 2 is 0.439 bits per heavy atom. The fourth-order valence-corrected chi connectivity index (χ4v) is 10.1. The van der Waals surface area contributed by atoms with Crippen LogP contribution in [-0.4, -0.2) is 13.7 Å². The largest absolute Gasteiger partial charge is 0.309 e. The molecule has 0 saturated carbocycles. The van der Waals surface area contributed by atoms with Crippen molar-refractivity contribution in [2.45, 2.75) is 6.92 Å². The SMILES string of the molecule is C=CC.c1ccc2c(c1)c1ccccc1n2-c1ccc(-c2cc(-c3ccc(-n4c5ccccc5c5ccccc54)cc3)cc(-c3ccc(-n4c5ccccc5c5ccccc54)cc3)c2)cc1. The van der Waals surface area contributed by atoms with Gasteiger partial charge >= 0.3 is 0 Å². The fourth-order valence-electron chi connectivity index (χ4n) is 10.1. The Labute approximate surface area is 384 Å². The Morgan fingerprint density at radius 3 is 0.636 bits per heavy atom. The lowest BCUT2D eigenvalue weighted by Gasteiger charge is -2.14. The highest BCUT2D eigenvalue weighted by Crippen LogP contribution is 2.38. The Morgan fingerprint density at radius 1 is 0.258 bits per heavy atom. The third-order valence-corrected chi connectivity index (χ3v) is 13.0. The molecule has 66 heavy (non-hydrogen) atoms. The molecule has 0 bridgehead atoms. The maximum Gasteiger partial charge on any atom is 0.0541 e. The Hall–Kier alpha value is -8.66. The molecule has 13 rings (SSSR count). The van der Waals surface area contributed by atoms with Gasteiger partial charge in [-0.1, -0.05) is 152 Å². The molecule has 0 atom stereocenters. The molecule has 0 aliphatic carbocycles. The second-order valence-corrected chi connectivity index (χ2v) is 17.0. The first-order valence-corrected chi connectivity index (χ1v) is 22.7. The number of benzene rings is 10. The molecule has 10 aromatic carbocycles. The highest BCUT2D eigenvalue weighted by Gasteiger charge is 2.16. The highest BCUT2D eigenvalue weighted by molar-refractivity contribution is 6.11. The molecule has 0 unspecified atom stereocenters. The van der Waals surface area contributed by atoms with Crippen molar-refractivity contribution in [3.63, 3.8) is 0 Å². The second kappa shape index (κ2) is 16.2. The third-order valence-electron chi connectivity index (χ3n) is 13.0. The maximum atomic E-state index is 3.36. The van der Waals surface area contributed by atoms with E-state index in [2.05, 4.69) is 257 Å². The zero-order valence-corrected chi connectivity index (χ0v) is 36.6. The van der Waals surface area contributed by atoms with Crippen LogP contribution in [0.1, 0.15) is 6.92 Å². The first-order valence-electron chi connectivity index (χ1n) is 22.7. The van der Waals surface area contributed by atoms with Crippen LogP contribution in [0.5, 0.6) is 0 Å². The summed E-state index contributed by atoms with van der Waals surface area (Å²) in [6.45, 7) is 5.25. The minimum atomic E-state index is 1.15. The number of aromatic nitrogens is 3. The van der Waals surface area contributed by atoms with E-state index in [1.54, 1.807) is 6.08 Å². The van der Waals surface area contributed by atoms with E-state index in [0.717, 1.165) is 17.1 Å². The van der Waals surface area contributed by atoms with E-state index in [1.165, 1.54) is 98.8 Å². The van der Waals surface area contributed by atoms with Crippen molar-refractivity contribution in [3.05, 3.63) is 249 Å². The molecule has 0 radical (unpaired) electrons. The summed E-state index contributed by atoms with van der Waals surface area (Å²) in [5.74, 6) is 0. The van der Waals surface area contributed by atoms with Gasteiger partial charge in [-0.25, -0.2) is 0 Å². The minimum absolute atomic E-state index is 1.15. The summed E-state index contributed by atoms with van der Waals surface area (Å²) in [7, 11) is 0. The van der Waals surface area contributed by atoms with Crippen LogP contribution in [0.4, 0.5) is 0 Å². The van der Waals surface area contributed by atoms with Gasteiger partial charge in [0.2, 0.25) is 0 Å². The Kier molecular flexibility index (Phi) is 9.54. The summed E-state index contributed by atoms with van der Waals surface area (Å²) in [5.41, 5.74) is 17.8. The van der Waals surface area contributed by atoms with Crippen LogP contribution in [-0.2, 0) is 0 Å². The molecule has 0 aliphatic rings. The number of rotatable bonds is 6. The van der Waals surface area contributed by atoms with E-state index in [1.807, 2.05) is 6.92 Å². The van der Waals surface area contributed by atoms with Gasteiger partial charge in [0.15, 0.2) is 0 Å². The predicted octanol–water partition coefficient (Wildman–Crippen LogP) is 17.2. The molecule has 3 aromatic heterocycles. The highest BCUT2D eigenvalue weighted by atomic mass is 15.0. The zero-order valence-electron chi connectivity index (χ0n) is 36.6. The van der Waals surface area contributed by atoms with Crippen LogP contribution in [0.15, 0.2) is 249 Å². The average molecular weight is 844 g/mol. The van der Waals surface area contributed by atoms with Crippen molar-refractivity contribution in [2.75, 3.05) is 0 Å². The lowest BCUT2D eigenvalue weighted by Crippen LogP contribution is -1.95. The number of allylic oxidation sites excluding steroid dienone is 1. The van der Waals surface area contributed by atoms with E-state index < -0.39 is 0 Å². The average Bonchev–Trinajstić information content (AvgIpc) is 4.03. The molecule has 0 saturated heterocycles. The topological polar surface area (TPSA) is 14.8 Å². The minimum Gasteiger partial charge on any atom is -0.309 e. The molecule has 3 heterocycles. The van der Waals surface area contributed by atoms with E-state index in [4.69, 9.17) is 0 Å². The van der Waals surface area contributed by atoms with Gasteiger partial charge in [-0.15, -0.1) is 6.58 Å². The molecule has 13 aromatic rings. The summed E-state index contributed by atoms with van der Waals surface area (Å²) in [6.07, 6.45) is 1.75. The number of hydrogen-bond acceptors (Lipinski definition) is 0. The summed E-state index contributed by atoms with van der Waals surface area (Å²) in [4.78, 5) is 0. The maximum absolute atomic E-state index is 3.36. The van der Waals surface area contributed by atoms with Gasteiger partial charge in [0.25, 0.3) is 0 Å². The fraction of sp³-hybridized carbons (Fsp3) is 0.0159. The molecule has 3 heteroatoms. The lowest BCUT2D eigenvalue weighted by molar-refractivity contribution is 1.18. The normalized spacial score (nSPS) is 11.5. The third kappa shape index (κ3) is 6.44. The van der Waals surface area contributed by atoms with Crippen molar-refractivity contribution in [3.8, 4) is 50.4 Å². The van der Waals surface area contributed by atoms with Crippen LogP contribution in [0, 0.1) is 0 Å². The van der Waals surface area contributed by atoms with Crippen LogP contribution in [0.3, 0.4) is 0 Å². The Balaban J connectivity index is 0.00000148. The van der Waals surface area contributed by atoms with Gasteiger partial charge in [0.1, 0.15) is 0 Å². The van der Waals surface area contributed by atoms with E-state index in [-0.39, 0.29) is 0 Å². The monoisotopic (exact) mass is 843 g/mol. The van der Waals surface area contributed by atoms with Crippen LogP contribution < -0.4 is 0 Å².